The van der Waals surface area contributed by atoms with Gasteiger partial charge in [-0.25, -0.2) is 0 Å². The molecule has 1 atom stereocenters. The highest BCUT2D eigenvalue weighted by Crippen LogP contribution is 2.26. The lowest BCUT2D eigenvalue weighted by molar-refractivity contribution is 0.190. The van der Waals surface area contributed by atoms with E-state index in [2.05, 4.69) is 0 Å². The molecule has 0 saturated carbocycles. The Morgan fingerprint density at radius 1 is 1.44 bits per heavy atom. The first-order valence-corrected chi connectivity index (χ1v) is 5.16. The summed E-state index contributed by atoms with van der Waals surface area (Å²) >= 11 is 11.5. The largest absolute Gasteiger partial charge is 0.479 e. The molecule has 1 unspecified atom stereocenters. The number of nitrogens with one attached hydrogen (secondary N) is 1. The SMILES string of the molecule is CCOC(=N)C(O)c1ccc(Cl)c(Cl)c1.Cl. The Morgan fingerprint density at radius 3 is 2.56 bits per heavy atom. The molecular weight excluding hydrogens is 272 g/mol. The predicted octanol–water partition coefficient (Wildman–Crippen LogP) is 3.46. The van der Waals surface area contributed by atoms with Crippen molar-refractivity contribution in [1.29, 1.82) is 5.41 Å². The Kier molecular flexibility index (Phi) is 6.76. The van der Waals surface area contributed by atoms with Crippen LogP contribution >= 0.6 is 35.6 Å². The minimum atomic E-state index is -1.10. The smallest absolute Gasteiger partial charge is 0.214 e. The third kappa shape index (κ3) is 3.83. The van der Waals surface area contributed by atoms with Gasteiger partial charge in [0.25, 0.3) is 0 Å². The van der Waals surface area contributed by atoms with Crippen LogP contribution in [0.15, 0.2) is 18.2 Å². The molecule has 3 nitrogen and oxygen atoms in total. The number of aliphatic hydroxyl groups excluding tert-OH is 1. The molecule has 0 aliphatic rings. The van der Waals surface area contributed by atoms with E-state index in [4.69, 9.17) is 33.3 Å². The number of hydrogen-bond donors (Lipinski definition) is 2. The Balaban J connectivity index is 0.00000225. The number of ether oxygens (including phenoxy) is 1. The summed E-state index contributed by atoms with van der Waals surface area (Å²) in [5, 5.41) is 17.8. The van der Waals surface area contributed by atoms with Crippen LogP contribution < -0.4 is 0 Å². The van der Waals surface area contributed by atoms with Crippen LogP contribution in [0.4, 0.5) is 0 Å². The first-order valence-electron chi connectivity index (χ1n) is 4.40. The van der Waals surface area contributed by atoms with Crippen molar-refractivity contribution >= 4 is 41.5 Å². The number of rotatable bonds is 3. The van der Waals surface area contributed by atoms with E-state index in [0.717, 1.165) is 0 Å². The molecule has 0 aliphatic carbocycles. The highest BCUT2D eigenvalue weighted by molar-refractivity contribution is 6.42. The summed E-state index contributed by atoms with van der Waals surface area (Å²) in [7, 11) is 0. The van der Waals surface area contributed by atoms with Gasteiger partial charge in [0.2, 0.25) is 5.90 Å². The van der Waals surface area contributed by atoms with Gasteiger partial charge < -0.3 is 9.84 Å². The van der Waals surface area contributed by atoms with Crippen LogP contribution in [-0.4, -0.2) is 17.6 Å². The zero-order valence-electron chi connectivity index (χ0n) is 8.54. The Morgan fingerprint density at radius 2 is 2.06 bits per heavy atom. The maximum atomic E-state index is 9.68. The fourth-order valence-corrected chi connectivity index (χ4v) is 1.37. The third-order valence-corrected chi connectivity index (χ3v) is 2.55. The summed E-state index contributed by atoms with van der Waals surface area (Å²) in [6.07, 6.45) is -1.10. The highest BCUT2D eigenvalue weighted by Gasteiger charge is 2.15. The molecule has 90 valence electrons. The molecule has 0 spiro atoms. The maximum absolute atomic E-state index is 9.68. The van der Waals surface area contributed by atoms with E-state index < -0.39 is 6.10 Å². The summed E-state index contributed by atoms with van der Waals surface area (Å²) < 4.78 is 4.89. The number of hydrogen-bond acceptors (Lipinski definition) is 3. The van der Waals surface area contributed by atoms with Crippen LogP contribution in [0.2, 0.25) is 10.0 Å². The van der Waals surface area contributed by atoms with Crippen molar-refractivity contribution in [1.82, 2.24) is 0 Å². The Hall–Kier alpha value is -0.480. The van der Waals surface area contributed by atoms with Gasteiger partial charge in [-0.15, -0.1) is 12.4 Å². The summed E-state index contributed by atoms with van der Waals surface area (Å²) in [5.41, 5.74) is 0.489. The van der Waals surface area contributed by atoms with Crippen LogP contribution in [0, 0.1) is 5.41 Å². The fraction of sp³-hybridized carbons (Fsp3) is 0.300. The van der Waals surface area contributed by atoms with Gasteiger partial charge in [0, 0.05) is 0 Å². The summed E-state index contributed by atoms with van der Waals surface area (Å²) in [6, 6.07) is 4.69. The van der Waals surface area contributed by atoms with Crippen molar-refractivity contribution in [3.63, 3.8) is 0 Å². The van der Waals surface area contributed by atoms with E-state index >= 15 is 0 Å². The van der Waals surface area contributed by atoms with E-state index in [0.29, 0.717) is 22.2 Å². The Labute approximate surface area is 110 Å². The summed E-state index contributed by atoms with van der Waals surface area (Å²) in [4.78, 5) is 0. The molecule has 2 N–H and O–H groups in total. The molecule has 16 heavy (non-hydrogen) atoms. The molecule has 0 amide bonds. The molecule has 0 aliphatic heterocycles. The normalized spacial score (nSPS) is 11.5. The van der Waals surface area contributed by atoms with Gasteiger partial charge in [0.15, 0.2) is 6.10 Å². The van der Waals surface area contributed by atoms with Gasteiger partial charge in [-0.05, 0) is 24.6 Å². The predicted molar refractivity (Wildman–Crippen MR) is 68.0 cm³/mol. The first kappa shape index (κ1) is 15.5. The number of benzene rings is 1. The molecular formula is C10H12Cl3NO2. The molecule has 1 aromatic rings. The molecule has 0 aromatic heterocycles. The van der Waals surface area contributed by atoms with E-state index in [1.807, 2.05) is 0 Å². The van der Waals surface area contributed by atoms with Crippen LogP contribution in [0.1, 0.15) is 18.6 Å². The molecule has 1 aromatic carbocycles. The Bertz CT molecular complexity index is 371. The van der Waals surface area contributed by atoms with E-state index in [1.165, 1.54) is 6.07 Å². The zero-order valence-corrected chi connectivity index (χ0v) is 10.9. The molecule has 0 heterocycles. The van der Waals surface area contributed by atoms with E-state index in [1.54, 1.807) is 19.1 Å². The topological polar surface area (TPSA) is 53.3 Å². The minimum absolute atomic E-state index is 0. The van der Waals surface area contributed by atoms with Gasteiger partial charge >= 0.3 is 0 Å². The van der Waals surface area contributed by atoms with Gasteiger partial charge in [0.05, 0.1) is 16.7 Å². The molecule has 6 heteroatoms. The fourth-order valence-electron chi connectivity index (χ4n) is 1.07. The van der Waals surface area contributed by atoms with E-state index in [-0.39, 0.29) is 18.3 Å². The van der Waals surface area contributed by atoms with Crippen molar-refractivity contribution in [3.05, 3.63) is 33.8 Å². The maximum Gasteiger partial charge on any atom is 0.214 e. The van der Waals surface area contributed by atoms with Crippen molar-refractivity contribution in [3.8, 4) is 0 Å². The van der Waals surface area contributed by atoms with Crippen molar-refractivity contribution in [2.75, 3.05) is 6.61 Å². The van der Waals surface area contributed by atoms with Crippen LogP contribution in [0.3, 0.4) is 0 Å². The van der Waals surface area contributed by atoms with Crippen LogP contribution in [0.5, 0.6) is 0 Å². The number of aliphatic hydroxyl groups is 1. The quantitative estimate of drug-likeness (QED) is 0.660. The molecule has 0 fully saturated rings. The molecule has 0 bridgehead atoms. The average Bonchev–Trinajstić information content (AvgIpc) is 2.21. The number of halogens is 3. The van der Waals surface area contributed by atoms with Gasteiger partial charge in [-0.3, -0.25) is 5.41 Å². The van der Waals surface area contributed by atoms with Crippen LogP contribution in [0.25, 0.3) is 0 Å². The summed E-state index contributed by atoms with van der Waals surface area (Å²) in [5.74, 6) is -0.198. The van der Waals surface area contributed by atoms with Crippen molar-refractivity contribution in [2.45, 2.75) is 13.0 Å². The molecule has 0 radical (unpaired) electrons. The third-order valence-electron chi connectivity index (χ3n) is 1.81. The van der Waals surface area contributed by atoms with Crippen molar-refractivity contribution < 1.29 is 9.84 Å². The van der Waals surface area contributed by atoms with Gasteiger partial charge in [-0.1, -0.05) is 29.3 Å². The second-order valence-corrected chi connectivity index (χ2v) is 3.69. The lowest BCUT2D eigenvalue weighted by Crippen LogP contribution is -2.14. The molecule has 1 rings (SSSR count). The zero-order chi connectivity index (χ0) is 11.4. The van der Waals surface area contributed by atoms with Gasteiger partial charge in [-0.2, -0.15) is 0 Å². The van der Waals surface area contributed by atoms with E-state index in [9.17, 15) is 5.11 Å². The minimum Gasteiger partial charge on any atom is -0.479 e. The molecule has 0 saturated heterocycles. The lowest BCUT2D eigenvalue weighted by Gasteiger charge is -2.12. The van der Waals surface area contributed by atoms with Crippen LogP contribution in [-0.2, 0) is 4.74 Å². The highest BCUT2D eigenvalue weighted by atomic mass is 35.5. The monoisotopic (exact) mass is 283 g/mol. The van der Waals surface area contributed by atoms with Crippen molar-refractivity contribution in [2.24, 2.45) is 0 Å². The second-order valence-electron chi connectivity index (χ2n) is 2.87. The average molecular weight is 285 g/mol. The first-order chi connectivity index (χ1) is 7.06. The standard InChI is InChI=1S/C10H11Cl2NO2.ClH/c1-2-15-10(13)9(14)6-3-4-7(11)8(12)5-6;/h3-5,9,13-14H,2H2,1H3;1H. The van der Waals surface area contributed by atoms with Gasteiger partial charge in [0.1, 0.15) is 0 Å². The lowest BCUT2D eigenvalue weighted by atomic mass is 10.1. The second kappa shape index (κ2) is 6.97. The summed E-state index contributed by atoms with van der Waals surface area (Å²) in [6.45, 7) is 2.09.